The van der Waals surface area contributed by atoms with Crippen molar-refractivity contribution >= 4 is 0 Å². The molecule has 118 valence electrons. The number of hydrogen-bond donors (Lipinski definition) is 1. The van der Waals surface area contributed by atoms with Gasteiger partial charge >= 0.3 is 0 Å². The van der Waals surface area contributed by atoms with Crippen LogP contribution in [0.5, 0.6) is 0 Å². The molecule has 1 aliphatic heterocycles. The fourth-order valence-corrected chi connectivity index (χ4v) is 4.11. The molecule has 0 bridgehead atoms. The molecule has 2 rings (SSSR count). The Bertz CT molecular complexity index is 305. The summed E-state index contributed by atoms with van der Waals surface area (Å²) in [6, 6.07) is 1.10. The zero-order chi connectivity index (χ0) is 14.8. The topological polar surface area (TPSA) is 24.5 Å². The molecule has 20 heavy (non-hydrogen) atoms. The highest BCUT2D eigenvalue weighted by Gasteiger charge is 2.44. The second-order valence-electron chi connectivity index (χ2n) is 8.08. The van der Waals surface area contributed by atoms with Gasteiger partial charge in [-0.3, -0.25) is 4.90 Å². The van der Waals surface area contributed by atoms with E-state index in [0.717, 1.165) is 13.2 Å². The van der Waals surface area contributed by atoms with Crippen LogP contribution in [0.1, 0.15) is 59.8 Å². The van der Waals surface area contributed by atoms with Crippen molar-refractivity contribution < 1.29 is 4.74 Å². The molecule has 1 saturated heterocycles. The lowest BCUT2D eigenvalue weighted by Gasteiger charge is -2.54. The SMILES string of the molecule is COCC(C)N1CC2(CCCCC2)NCC1C(C)(C)C. The minimum atomic E-state index is 0.311. The molecule has 0 amide bonds. The van der Waals surface area contributed by atoms with Crippen LogP contribution in [-0.4, -0.2) is 49.3 Å². The lowest BCUT2D eigenvalue weighted by molar-refractivity contribution is -0.0332. The van der Waals surface area contributed by atoms with Crippen molar-refractivity contribution in [3.8, 4) is 0 Å². The number of nitrogens with zero attached hydrogens (tertiary/aromatic N) is 1. The lowest BCUT2D eigenvalue weighted by Crippen LogP contribution is -2.69. The van der Waals surface area contributed by atoms with Crippen molar-refractivity contribution in [1.82, 2.24) is 10.2 Å². The molecular formula is C17H34N2O. The summed E-state index contributed by atoms with van der Waals surface area (Å²) in [5.41, 5.74) is 0.688. The minimum Gasteiger partial charge on any atom is -0.383 e. The standard InChI is InChI=1S/C17H34N2O/c1-14(12-20-5)19-13-17(9-7-6-8-10-17)18-11-15(19)16(2,3)4/h14-15,18H,6-13H2,1-5H3. The van der Waals surface area contributed by atoms with Crippen molar-refractivity contribution in [3.05, 3.63) is 0 Å². The Morgan fingerprint density at radius 1 is 1.25 bits per heavy atom. The Morgan fingerprint density at radius 2 is 1.90 bits per heavy atom. The van der Waals surface area contributed by atoms with Gasteiger partial charge in [-0.05, 0) is 25.2 Å². The van der Waals surface area contributed by atoms with E-state index in [1.165, 1.54) is 38.6 Å². The molecular weight excluding hydrogens is 248 g/mol. The van der Waals surface area contributed by atoms with Gasteiger partial charge in [0.2, 0.25) is 0 Å². The highest BCUT2D eigenvalue weighted by molar-refractivity contribution is 5.03. The highest BCUT2D eigenvalue weighted by Crippen LogP contribution is 2.36. The Balaban J connectivity index is 2.13. The van der Waals surface area contributed by atoms with Crippen LogP contribution in [-0.2, 0) is 4.74 Å². The van der Waals surface area contributed by atoms with E-state index < -0.39 is 0 Å². The van der Waals surface area contributed by atoms with E-state index in [2.05, 4.69) is 37.9 Å². The lowest BCUT2D eigenvalue weighted by atomic mass is 9.75. The maximum Gasteiger partial charge on any atom is 0.0615 e. The van der Waals surface area contributed by atoms with Crippen LogP contribution in [0.3, 0.4) is 0 Å². The Labute approximate surface area is 125 Å². The first-order valence-corrected chi connectivity index (χ1v) is 8.38. The van der Waals surface area contributed by atoms with E-state index in [1.807, 2.05) is 7.11 Å². The first-order chi connectivity index (χ1) is 9.38. The van der Waals surface area contributed by atoms with Gasteiger partial charge in [-0.25, -0.2) is 0 Å². The van der Waals surface area contributed by atoms with Crippen LogP contribution in [0.25, 0.3) is 0 Å². The van der Waals surface area contributed by atoms with Crippen molar-refractivity contribution in [2.24, 2.45) is 5.41 Å². The molecule has 1 heterocycles. The third-order valence-electron chi connectivity index (χ3n) is 5.34. The molecule has 1 N–H and O–H groups in total. The molecule has 1 saturated carbocycles. The summed E-state index contributed by atoms with van der Waals surface area (Å²) in [6.07, 6.45) is 6.89. The number of rotatable bonds is 3. The third-order valence-corrected chi connectivity index (χ3v) is 5.34. The predicted octanol–water partition coefficient (Wildman–Crippen LogP) is 3.04. The van der Waals surface area contributed by atoms with Gasteiger partial charge in [-0.15, -0.1) is 0 Å². The van der Waals surface area contributed by atoms with Gasteiger partial charge in [0.05, 0.1) is 6.61 Å². The molecule has 0 aromatic rings. The number of methoxy groups -OCH3 is 1. The first kappa shape index (κ1) is 16.3. The average Bonchev–Trinajstić information content (AvgIpc) is 2.38. The molecule has 0 radical (unpaired) electrons. The van der Waals surface area contributed by atoms with Gasteiger partial charge < -0.3 is 10.1 Å². The zero-order valence-electron chi connectivity index (χ0n) is 14.2. The van der Waals surface area contributed by atoms with Gasteiger partial charge in [0.15, 0.2) is 0 Å². The molecule has 2 unspecified atom stereocenters. The smallest absolute Gasteiger partial charge is 0.0615 e. The summed E-state index contributed by atoms with van der Waals surface area (Å²) in [5, 5.41) is 3.94. The number of hydrogen-bond acceptors (Lipinski definition) is 3. The maximum atomic E-state index is 5.43. The van der Waals surface area contributed by atoms with E-state index in [1.54, 1.807) is 0 Å². The van der Waals surface area contributed by atoms with Crippen LogP contribution in [0.15, 0.2) is 0 Å². The number of nitrogens with one attached hydrogen (secondary N) is 1. The second kappa shape index (κ2) is 6.33. The Kier molecular flexibility index (Phi) is 5.14. The summed E-state index contributed by atoms with van der Waals surface area (Å²) < 4.78 is 5.43. The molecule has 2 aliphatic rings. The van der Waals surface area contributed by atoms with E-state index in [9.17, 15) is 0 Å². The van der Waals surface area contributed by atoms with Crippen LogP contribution in [0.2, 0.25) is 0 Å². The minimum absolute atomic E-state index is 0.311. The van der Waals surface area contributed by atoms with Gasteiger partial charge in [-0.2, -0.15) is 0 Å². The summed E-state index contributed by atoms with van der Waals surface area (Å²) >= 11 is 0. The van der Waals surface area contributed by atoms with Gasteiger partial charge in [0.25, 0.3) is 0 Å². The molecule has 2 fully saturated rings. The van der Waals surface area contributed by atoms with E-state index >= 15 is 0 Å². The maximum absolute atomic E-state index is 5.43. The largest absolute Gasteiger partial charge is 0.383 e. The molecule has 2 atom stereocenters. The Morgan fingerprint density at radius 3 is 2.45 bits per heavy atom. The molecule has 1 aliphatic carbocycles. The van der Waals surface area contributed by atoms with E-state index in [0.29, 0.717) is 23.0 Å². The molecule has 3 nitrogen and oxygen atoms in total. The predicted molar refractivity (Wildman–Crippen MR) is 85.1 cm³/mol. The molecule has 0 aromatic carbocycles. The number of piperazine rings is 1. The quantitative estimate of drug-likeness (QED) is 0.861. The highest BCUT2D eigenvalue weighted by atomic mass is 16.5. The van der Waals surface area contributed by atoms with Gasteiger partial charge in [0.1, 0.15) is 0 Å². The normalized spacial score (nSPS) is 29.6. The van der Waals surface area contributed by atoms with Crippen molar-refractivity contribution in [1.29, 1.82) is 0 Å². The van der Waals surface area contributed by atoms with Crippen molar-refractivity contribution in [2.75, 3.05) is 26.8 Å². The average molecular weight is 282 g/mol. The third kappa shape index (κ3) is 3.55. The van der Waals surface area contributed by atoms with Crippen molar-refractivity contribution in [2.45, 2.75) is 77.4 Å². The van der Waals surface area contributed by atoms with Crippen LogP contribution >= 0.6 is 0 Å². The van der Waals surface area contributed by atoms with E-state index in [4.69, 9.17) is 4.74 Å². The summed E-state index contributed by atoms with van der Waals surface area (Å²) in [6.45, 7) is 12.6. The molecule has 3 heteroatoms. The summed E-state index contributed by atoms with van der Waals surface area (Å²) in [5.74, 6) is 0. The van der Waals surface area contributed by atoms with Crippen LogP contribution in [0.4, 0.5) is 0 Å². The van der Waals surface area contributed by atoms with Crippen LogP contribution in [0, 0.1) is 5.41 Å². The van der Waals surface area contributed by atoms with Crippen molar-refractivity contribution in [3.63, 3.8) is 0 Å². The monoisotopic (exact) mass is 282 g/mol. The van der Waals surface area contributed by atoms with E-state index in [-0.39, 0.29) is 0 Å². The van der Waals surface area contributed by atoms with Crippen LogP contribution < -0.4 is 5.32 Å². The summed E-state index contributed by atoms with van der Waals surface area (Å²) in [4.78, 5) is 2.73. The molecule has 1 spiro atoms. The second-order valence-corrected chi connectivity index (χ2v) is 8.08. The van der Waals surface area contributed by atoms with Gasteiger partial charge in [-0.1, -0.05) is 40.0 Å². The fraction of sp³-hybridized carbons (Fsp3) is 1.00. The zero-order valence-corrected chi connectivity index (χ0v) is 14.2. The first-order valence-electron chi connectivity index (χ1n) is 8.38. The molecule has 0 aromatic heterocycles. The Hall–Kier alpha value is -0.120. The fourth-order valence-electron chi connectivity index (χ4n) is 4.11. The number of ether oxygens (including phenoxy) is 1. The van der Waals surface area contributed by atoms with Gasteiger partial charge in [0, 0.05) is 37.8 Å². The summed E-state index contributed by atoms with van der Waals surface area (Å²) in [7, 11) is 1.82.